The van der Waals surface area contributed by atoms with Gasteiger partial charge in [0, 0.05) is 5.56 Å². The molecule has 3 aromatic rings. The maximum Gasteiger partial charge on any atom is 0.282 e. The fraction of sp³-hybridized carbons (Fsp3) is 0.130. The van der Waals surface area contributed by atoms with E-state index in [0.29, 0.717) is 11.4 Å². The minimum atomic E-state index is -0.433. The highest BCUT2D eigenvalue weighted by Gasteiger charge is 2.34. The Kier molecular flexibility index (Phi) is 4.57. The fourth-order valence-electron chi connectivity index (χ4n) is 3.24. The van der Waals surface area contributed by atoms with Gasteiger partial charge in [-0.2, -0.15) is 0 Å². The first-order valence-corrected chi connectivity index (χ1v) is 9.15. The number of carbonyl (C=O) groups excluding carboxylic acids is 2. The molecule has 1 fully saturated rings. The minimum Gasteiger partial charge on any atom is -0.490 e. The van der Waals surface area contributed by atoms with Crippen LogP contribution in [0.4, 0.5) is 5.69 Å². The number of para-hydroxylation sites is 1. The molecule has 2 amide bonds. The lowest BCUT2D eigenvalue weighted by atomic mass is 10.0. The van der Waals surface area contributed by atoms with Crippen LogP contribution < -0.4 is 15.2 Å². The molecule has 1 aliphatic heterocycles. The fourth-order valence-corrected chi connectivity index (χ4v) is 3.24. The van der Waals surface area contributed by atoms with Crippen LogP contribution in [-0.4, -0.2) is 17.9 Å². The van der Waals surface area contributed by atoms with E-state index < -0.39 is 5.91 Å². The Bertz CT molecular complexity index is 1090. The van der Waals surface area contributed by atoms with Crippen molar-refractivity contribution in [2.45, 2.75) is 20.0 Å². The van der Waals surface area contributed by atoms with Crippen molar-refractivity contribution in [3.8, 4) is 5.75 Å². The van der Waals surface area contributed by atoms with Crippen LogP contribution in [0, 0.1) is 0 Å². The number of amides is 2. The van der Waals surface area contributed by atoms with Crippen LogP contribution in [0.25, 0.3) is 16.8 Å². The Labute approximate surface area is 163 Å². The number of benzene rings is 3. The molecule has 0 aromatic heterocycles. The minimum absolute atomic E-state index is 0.0350. The van der Waals surface area contributed by atoms with Gasteiger partial charge >= 0.3 is 0 Å². The lowest BCUT2D eigenvalue weighted by Crippen LogP contribution is -2.35. The number of ether oxygens (including phenoxy) is 1. The van der Waals surface area contributed by atoms with Crippen LogP contribution in [-0.2, 0) is 9.59 Å². The van der Waals surface area contributed by atoms with Crippen LogP contribution in [0.15, 0.2) is 72.3 Å². The predicted molar refractivity (Wildman–Crippen MR) is 110 cm³/mol. The van der Waals surface area contributed by atoms with E-state index in [0.717, 1.165) is 16.3 Å². The molecule has 0 spiro atoms. The molecule has 3 aromatic carbocycles. The average molecular weight is 372 g/mol. The number of hydrogen-bond donors (Lipinski definition) is 1. The number of fused-ring (bicyclic) bond motifs is 1. The Hall–Kier alpha value is -3.60. The van der Waals surface area contributed by atoms with E-state index in [1.165, 1.54) is 5.01 Å². The van der Waals surface area contributed by atoms with Gasteiger partial charge in [-0.1, -0.05) is 48.5 Å². The highest BCUT2D eigenvalue weighted by molar-refractivity contribution is 6.32. The normalized spacial score (nSPS) is 15.5. The summed E-state index contributed by atoms with van der Waals surface area (Å²) in [7, 11) is 0. The monoisotopic (exact) mass is 372 g/mol. The zero-order chi connectivity index (χ0) is 19.7. The maximum atomic E-state index is 12.9. The van der Waals surface area contributed by atoms with Gasteiger partial charge in [-0.3, -0.25) is 15.0 Å². The van der Waals surface area contributed by atoms with Crippen molar-refractivity contribution in [1.29, 1.82) is 0 Å². The van der Waals surface area contributed by atoms with E-state index >= 15 is 0 Å². The molecule has 0 atom stereocenters. The number of carbonyl (C=O) groups is 2. The third-order valence-electron chi connectivity index (χ3n) is 4.49. The zero-order valence-electron chi connectivity index (χ0n) is 15.7. The largest absolute Gasteiger partial charge is 0.490 e. The van der Waals surface area contributed by atoms with Crippen LogP contribution in [0.2, 0.25) is 0 Å². The number of rotatable bonds is 4. The Morgan fingerprint density at radius 1 is 0.929 bits per heavy atom. The van der Waals surface area contributed by atoms with Crippen LogP contribution >= 0.6 is 0 Å². The summed E-state index contributed by atoms with van der Waals surface area (Å²) < 4.78 is 5.94. The van der Waals surface area contributed by atoms with Gasteiger partial charge in [0.15, 0.2) is 0 Å². The molecule has 1 heterocycles. The SMILES string of the molecule is CC(C)Oc1ccc2ccccc2c1C=C1C(=O)NN(c2ccccc2)C1=O. The van der Waals surface area contributed by atoms with E-state index in [1.54, 1.807) is 18.2 Å². The summed E-state index contributed by atoms with van der Waals surface area (Å²) in [6.07, 6.45) is 1.59. The molecule has 1 N–H and O–H groups in total. The topological polar surface area (TPSA) is 58.6 Å². The quantitative estimate of drug-likeness (QED) is 0.554. The van der Waals surface area contributed by atoms with E-state index in [1.807, 2.05) is 68.4 Å². The highest BCUT2D eigenvalue weighted by atomic mass is 16.5. The molecule has 28 heavy (non-hydrogen) atoms. The molecule has 0 radical (unpaired) electrons. The molecule has 140 valence electrons. The molecule has 5 nitrogen and oxygen atoms in total. The maximum absolute atomic E-state index is 12.9. The predicted octanol–water partition coefficient (Wildman–Crippen LogP) is 4.09. The number of hydrogen-bond acceptors (Lipinski definition) is 3. The molecule has 0 unspecified atom stereocenters. The molecule has 4 rings (SSSR count). The molecular weight excluding hydrogens is 352 g/mol. The van der Waals surface area contributed by atoms with Gasteiger partial charge in [0.25, 0.3) is 11.8 Å². The van der Waals surface area contributed by atoms with Gasteiger partial charge in [-0.05, 0) is 48.9 Å². The van der Waals surface area contributed by atoms with Gasteiger partial charge < -0.3 is 4.74 Å². The Balaban J connectivity index is 1.83. The van der Waals surface area contributed by atoms with Gasteiger partial charge in [0.2, 0.25) is 0 Å². The van der Waals surface area contributed by atoms with E-state index in [9.17, 15) is 9.59 Å². The van der Waals surface area contributed by atoms with Crippen LogP contribution in [0.1, 0.15) is 19.4 Å². The molecule has 0 aliphatic carbocycles. The summed E-state index contributed by atoms with van der Waals surface area (Å²) in [5.74, 6) is -0.183. The first-order valence-electron chi connectivity index (χ1n) is 9.15. The summed E-state index contributed by atoms with van der Waals surface area (Å²) in [5.41, 5.74) is 4.05. The van der Waals surface area contributed by atoms with E-state index in [2.05, 4.69) is 5.43 Å². The number of hydrazine groups is 1. The summed E-state index contributed by atoms with van der Waals surface area (Å²) in [4.78, 5) is 25.5. The van der Waals surface area contributed by atoms with Gasteiger partial charge in [0.05, 0.1) is 11.8 Å². The molecular formula is C23H20N2O3. The van der Waals surface area contributed by atoms with Crippen molar-refractivity contribution >= 4 is 34.4 Å². The molecule has 1 saturated heterocycles. The van der Waals surface area contributed by atoms with Crippen molar-refractivity contribution < 1.29 is 14.3 Å². The summed E-state index contributed by atoms with van der Waals surface area (Å²) in [6.45, 7) is 3.88. The number of nitrogens with zero attached hydrogens (tertiary/aromatic N) is 1. The van der Waals surface area contributed by atoms with Gasteiger partial charge in [-0.15, -0.1) is 0 Å². The average Bonchev–Trinajstić information content (AvgIpc) is 2.98. The first-order chi connectivity index (χ1) is 13.5. The summed E-state index contributed by atoms with van der Waals surface area (Å²) in [5, 5.41) is 3.20. The molecule has 0 bridgehead atoms. The first kappa shape index (κ1) is 17.8. The second-order valence-corrected chi connectivity index (χ2v) is 6.84. The second kappa shape index (κ2) is 7.19. The lowest BCUT2D eigenvalue weighted by Gasteiger charge is -2.15. The summed E-state index contributed by atoms with van der Waals surface area (Å²) in [6, 6.07) is 20.7. The van der Waals surface area contributed by atoms with Crippen molar-refractivity contribution in [1.82, 2.24) is 5.43 Å². The number of anilines is 1. The van der Waals surface area contributed by atoms with Crippen molar-refractivity contribution in [2.24, 2.45) is 0 Å². The Morgan fingerprint density at radius 3 is 2.39 bits per heavy atom. The molecule has 5 heteroatoms. The zero-order valence-corrected chi connectivity index (χ0v) is 15.7. The van der Waals surface area contributed by atoms with Gasteiger partial charge in [-0.25, -0.2) is 5.01 Å². The van der Waals surface area contributed by atoms with Gasteiger partial charge in [0.1, 0.15) is 11.3 Å². The van der Waals surface area contributed by atoms with E-state index in [4.69, 9.17) is 4.74 Å². The lowest BCUT2D eigenvalue weighted by molar-refractivity contribution is -0.117. The van der Waals surface area contributed by atoms with Crippen molar-refractivity contribution in [3.63, 3.8) is 0 Å². The van der Waals surface area contributed by atoms with Crippen molar-refractivity contribution in [3.05, 3.63) is 77.9 Å². The third kappa shape index (κ3) is 3.22. The smallest absolute Gasteiger partial charge is 0.282 e. The third-order valence-corrected chi connectivity index (χ3v) is 4.49. The number of nitrogens with one attached hydrogen (secondary N) is 1. The van der Waals surface area contributed by atoms with E-state index in [-0.39, 0.29) is 17.6 Å². The van der Waals surface area contributed by atoms with Crippen LogP contribution in [0.3, 0.4) is 0 Å². The Morgan fingerprint density at radius 2 is 1.64 bits per heavy atom. The van der Waals surface area contributed by atoms with Crippen molar-refractivity contribution in [2.75, 3.05) is 5.01 Å². The standard InChI is InChI=1S/C23H20N2O3/c1-15(2)28-21-13-12-16-8-6-7-11-18(16)19(21)14-20-22(26)24-25(23(20)27)17-9-4-3-5-10-17/h3-15H,1-2H3,(H,24,26). The molecule has 0 saturated carbocycles. The van der Waals surface area contributed by atoms with Crippen LogP contribution in [0.5, 0.6) is 5.75 Å². The second-order valence-electron chi connectivity index (χ2n) is 6.84. The molecule has 1 aliphatic rings. The summed E-state index contributed by atoms with van der Waals surface area (Å²) >= 11 is 0. The highest BCUT2D eigenvalue weighted by Crippen LogP contribution is 2.32.